The van der Waals surface area contributed by atoms with Gasteiger partial charge in [-0.05, 0) is 43.9 Å². The minimum Gasteiger partial charge on any atom is -0.487 e. The van der Waals surface area contributed by atoms with Gasteiger partial charge in [0, 0.05) is 11.7 Å². The number of aromatic nitrogens is 2. The molecule has 1 saturated carbocycles. The van der Waals surface area contributed by atoms with Gasteiger partial charge in [0.15, 0.2) is 5.75 Å². The third-order valence-corrected chi connectivity index (χ3v) is 5.44. The molecule has 2 aliphatic rings. The fourth-order valence-corrected chi connectivity index (χ4v) is 3.93. The molecule has 2 N–H and O–H groups in total. The predicted molar refractivity (Wildman–Crippen MR) is 104 cm³/mol. The minimum atomic E-state index is -4.53. The molecule has 2 fully saturated rings. The van der Waals surface area contributed by atoms with Crippen LogP contribution in [0.15, 0.2) is 36.7 Å². The highest BCUT2D eigenvalue weighted by atomic mass is 19.4. The van der Waals surface area contributed by atoms with Crippen LogP contribution in [0.2, 0.25) is 0 Å². The highest BCUT2D eigenvalue weighted by Gasteiger charge is 2.43. The van der Waals surface area contributed by atoms with Crippen molar-refractivity contribution in [3.05, 3.63) is 42.2 Å². The zero-order valence-electron chi connectivity index (χ0n) is 16.4. The maximum Gasteiger partial charge on any atom is 0.416 e. The SMILES string of the molecule is Nc1ncc(OC2CCC(N3C(=O)CN(c4cccc(C(F)(F)F)c4)C3=O)CC2)cn1. The number of hydrogen-bond donors (Lipinski definition) is 1. The van der Waals surface area contributed by atoms with Crippen molar-refractivity contribution >= 4 is 23.6 Å². The summed E-state index contributed by atoms with van der Waals surface area (Å²) in [7, 11) is 0. The number of benzene rings is 1. The summed E-state index contributed by atoms with van der Waals surface area (Å²) in [6.07, 6.45) is 0.602. The summed E-state index contributed by atoms with van der Waals surface area (Å²) >= 11 is 0. The molecule has 0 spiro atoms. The Morgan fingerprint density at radius 1 is 1.06 bits per heavy atom. The molecule has 8 nitrogen and oxygen atoms in total. The van der Waals surface area contributed by atoms with Crippen molar-refractivity contribution in [3.8, 4) is 5.75 Å². The molecule has 4 rings (SSSR count). The monoisotopic (exact) mass is 435 g/mol. The van der Waals surface area contributed by atoms with Crippen LogP contribution >= 0.6 is 0 Å². The first-order valence-corrected chi connectivity index (χ1v) is 9.77. The molecule has 0 atom stereocenters. The van der Waals surface area contributed by atoms with E-state index in [0.29, 0.717) is 31.4 Å². The number of imide groups is 1. The van der Waals surface area contributed by atoms with Crippen LogP contribution in [0, 0.1) is 0 Å². The van der Waals surface area contributed by atoms with Crippen LogP contribution in [-0.2, 0) is 11.0 Å². The van der Waals surface area contributed by atoms with Crippen LogP contribution < -0.4 is 15.4 Å². The number of nitrogens with zero attached hydrogens (tertiary/aromatic N) is 4. The van der Waals surface area contributed by atoms with Gasteiger partial charge in [-0.15, -0.1) is 0 Å². The zero-order valence-corrected chi connectivity index (χ0v) is 16.4. The van der Waals surface area contributed by atoms with E-state index in [0.717, 1.165) is 17.0 Å². The highest BCUT2D eigenvalue weighted by Crippen LogP contribution is 2.34. The van der Waals surface area contributed by atoms with Gasteiger partial charge in [-0.3, -0.25) is 14.6 Å². The number of urea groups is 1. The first-order chi connectivity index (χ1) is 14.7. The van der Waals surface area contributed by atoms with Gasteiger partial charge in [-0.1, -0.05) is 6.07 Å². The fraction of sp³-hybridized carbons (Fsp3) is 0.400. The molecule has 11 heteroatoms. The summed E-state index contributed by atoms with van der Waals surface area (Å²) in [5, 5.41) is 0. The van der Waals surface area contributed by atoms with E-state index in [-0.39, 0.29) is 30.3 Å². The van der Waals surface area contributed by atoms with Crippen LogP contribution in [0.5, 0.6) is 5.75 Å². The fourth-order valence-electron chi connectivity index (χ4n) is 3.93. The highest BCUT2D eigenvalue weighted by molar-refractivity contribution is 6.12. The number of anilines is 2. The average molecular weight is 435 g/mol. The Morgan fingerprint density at radius 3 is 2.39 bits per heavy atom. The molecule has 164 valence electrons. The summed E-state index contributed by atoms with van der Waals surface area (Å²) < 4.78 is 44.8. The molecular weight excluding hydrogens is 415 g/mol. The average Bonchev–Trinajstić information content (AvgIpc) is 3.04. The molecule has 1 aromatic heterocycles. The van der Waals surface area contributed by atoms with Crippen molar-refractivity contribution in [2.45, 2.75) is 44.0 Å². The van der Waals surface area contributed by atoms with Gasteiger partial charge in [0.1, 0.15) is 6.54 Å². The van der Waals surface area contributed by atoms with Gasteiger partial charge in [0.25, 0.3) is 5.91 Å². The van der Waals surface area contributed by atoms with E-state index in [1.165, 1.54) is 29.4 Å². The van der Waals surface area contributed by atoms with Crippen molar-refractivity contribution in [2.24, 2.45) is 0 Å². The summed E-state index contributed by atoms with van der Waals surface area (Å²) in [6.45, 7) is -0.278. The Kier molecular flexibility index (Phi) is 5.42. The van der Waals surface area contributed by atoms with E-state index in [9.17, 15) is 22.8 Å². The van der Waals surface area contributed by atoms with Crippen LogP contribution in [0.4, 0.5) is 29.6 Å². The van der Waals surface area contributed by atoms with E-state index in [1.807, 2.05) is 0 Å². The Balaban J connectivity index is 1.40. The first-order valence-electron chi connectivity index (χ1n) is 9.77. The van der Waals surface area contributed by atoms with Crippen LogP contribution in [0.25, 0.3) is 0 Å². The lowest BCUT2D eigenvalue weighted by Crippen LogP contribution is -2.44. The first kappa shape index (κ1) is 20.9. The quantitative estimate of drug-likeness (QED) is 0.740. The van der Waals surface area contributed by atoms with Crippen LogP contribution in [0.1, 0.15) is 31.2 Å². The van der Waals surface area contributed by atoms with Crippen molar-refractivity contribution < 1.29 is 27.5 Å². The Morgan fingerprint density at radius 2 is 1.74 bits per heavy atom. The van der Waals surface area contributed by atoms with Crippen molar-refractivity contribution in [1.82, 2.24) is 14.9 Å². The Bertz CT molecular complexity index is 975. The second-order valence-corrected chi connectivity index (χ2v) is 7.51. The van der Waals surface area contributed by atoms with E-state index in [4.69, 9.17) is 10.5 Å². The molecule has 3 amide bonds. The Labute approximate surface area is 175 Å². The zero-order chi connectivity index (χ0) is 22.2. The molecule has 1 aliphatic heterocycles. The number of ether oxygens (including phenoxy) is 1. The third kappa shape index (κ3) is 4.39. The summed E-state index contributed by atoms with van der Waals surface area (Å²) in [6, 6.07) is 3.51. The molecule has 0 unspecified atom stereocenters. The molecule has 1 aromatic carbocycles. The topological polar surface area (TPSA) is 102 Å². The third-order valence-electron chi connectivity index (χ3n) is 5.44. The van der Waals surface area contributed by atoms with E-state index < -0.39 is 23.7 Å². The number of nitrogens with two attached hydrogens (primary N) is 1. The van der Waals surface area contributed by atoms with Crippen molar-refractivity contribution in [2.75, 3.05) is 17.2 Å². The van der Waals surface area contributed by atoms with Gasteiger partial charge < -0.3 is 10.5 Å². The lowest BCUT2D eigenvalue weighted by molar-refractivity contribution is -0.137. The number of amides is 3. The van der Waals surface area contributed by atoms with Gasteiger partial charge in [-0.25, -0.2) is 14.8 Å². The van der Waals surface area contributed by atoms with E-state index in [1.54, 1.807) is 0 Å². The summed E-state index contributed by atoms with van der Waals surface area (Å²) in [5.74, 6) is 0.216. The molecule has 0 radical (unpaired) electrons. The molecule has 1 saturated heterocycles. The van der Waals surface area contributed by atoms with Gasteiger partial charge in [0.05, 0.1) is 24.1 Å². The molecule has 2 heterocycles. The Hall–Kier alpha value is -3.37. The number of rotatable bonds is 4. The minimum absolute atomic E-state index is 0.0519. The molecule has 31 heavy (non-hydrogen) atoms. The van der Waals surface area contributed by atoms with Crippen LogP contribution in [-0.4, -0.2) is 45.5 Å². The maximum absolute atomic E-state index is 13.0. The maximum atomic E-state index is 13.0. The predicted octanol–water partition coefficient (Wildman–Crippen LogP) is 3.24. The van der Waals surface area contributed by atoms with Crippen molar-refractivity contribution in [1.29, 1.82) is 0 Å². The lowest BCUT2D eigenvalue weighted by atomic mass is 9.92. The number of hydrogen-bond acceptors (Lipinski definition) is 6. The molecular formula is C20H20F3N5O3. The number of nitrogen functional groups attached to an aromatic ring is 1. The second-order valence-electron chi connectivity index (χ2n) is 7.51. The number of carbonyl (C=O) groups is 2. The second kappa shape index (κ2) is 8.05. The molecule has 0 bridgehead atoms. The number of halogens is 3. The number of carbonyl (C=O) groups excluding carboxylic acids is 2. The molecule has 2 aromatic rings. The largest absolute Gasteiger partial charge is 0.487 e. The van der Waals surface area contributed by atoms with Crippen molar-refractivity contribution in [3.63, 3.8) is 0 Å². The van der Waals surface area contributed by atoms with Gasteiger partial charge in [0.2, 0.25) is 5.95 Å². The summed E-state index contributed by atoms with van der Waals surface area (Å²) in [4.78, 5) is 35.4. The lowest BCUT2D eigenvalue weighted by Gasteiger charge is -2.33. The molecule has 1 aliphatic carbocycles. The van der Waals surface area contributed by atoms with Gasteiger partial charge >= 0.3 is 12.2 Å². The van der Waals surface area contributed by atoms with Gasteiger partial charge in [-0.2, -0.15) is 13.2 Å². The normalized spacial score (nSPS) is 22.2. The standard InChI is InChI=1S/C20H20F3N5O3/c21-20(22,23)12-2-1-3-14(8-12)27-11-17(29)28(19(27)30)13-4-6-15(7-5-13)31-16-9-25-18(24)26-10-16/h1-3,8-10,13,15H,4-7,11H2,(H2,24,25,26). The summed E-state index contributed by atoms with van der Waals surface area (Å²) in [5.41, 5.74) is 4.63. The van der Waals surface area contributed by atoms with E-state index in [2.05, 4.69) is 9.97 Å². The van der Waals surface area contributed by atoms with E-state index >= 15 is 0 Å². The smallest absolute Gasteiger partial charge is 0.416 e. The van der Waals surface area contributed by atoms with Crippen LogP contribution in [0.3, 0.4) is 0 Å². The number of alkyl halides is 3.